The van der Waals surface area contributed by atoms with Gasteiger partial charge in [-0.3, -0.25) is 4.90 Å². The number of rotatable bonds is 5. The van der Waals surface area contributed by atoms with Crippen LogP contribution < -0.4 is 16.0 Å². The number of nitrogens with two attached hydrogens (primary N) is 1. The van der Waals surface area contributed by atoms with Gasteiger partial charge in [0, 0.05) is 12.2 Å². The third-order valence-corrected chi connectivity index (χ3v) is 3.01. The molecule has 120 valence electrons. The van der Waals surface area contributed by atoms with Crippen molar-refractivity contribution in [2.45, 2.75) is 13.5 Å². The average Bonchev–Trinajstić information content (AvgIpc) is 2.89. The Kier molecular flexibility index (Phi) is 7.16. The molecular weight excluding hydrogens is 395 g/mol. The predicted molar refractivity (Wildman–Crippen MR) is 98.7 cm³/mol. The zero-order valence-corrected chi connectivity index (χ0v) is 14.9. The SMILES string of the molecule is C=C(C)CNC(N)=NCc1ccc(N2CCOC2=O)cc1.I. The van der Waals surface area contributed by atoms with Crippen LogP contribution in [0.15, 0.2) is 41.4 Å². The zero-order valence-electron chi connectivity index (χ0n) is 12.5. The Bertz CT molecular complexity index is 557. The fraction of sp³-hybridized carbons (Fsp3) is 0.333. The van der Waals surface area contributed by atoms with Gasteiger partial charge in [0.15, 0.2) is 5.96 Å². The molecule has 22 heavy (non-hydrogen) atoms. The first-order valence-corrected chi connectivity index (χ1v) is 6.77. The summed E-state index contributed by atoms with van der Waals surface area (Å²) in [6.45, 7) is 7.84. The van der Waals surface area contributed by atoms with Gasteiger partial charge in [-0.1, -0.05) is 24.3 Å². The predicted octanol–water partition coefficient (Wildman–Crippen LogP) is 2.24. The quantitative estimate of drug-likeness (QED) is 0.334. The molecule has 6 nitrogen and oxygen atoms in total. The highest BCUT2D eigenvalue weighted by Gasteiger charge is 2.23. The van der Waals surface area contributed by atoms with E-state index in [9.17, 15) is 4.79 Å². The molecule has 1 aliphatic heterocycles. The minimum Gasteiger partial charge on any atom is -0.447 e. The van der Waals surface area contributed by atoms with Crippen molar-refractivity contribution >= 4 is 41.7 Å². The summed E-state index contributed by atoms with van der Waals surface area (Å²) in [7, 11) is 0. The molecule has 0 aromatic heterocycles. The van der Waals surface area contributed by atoms with Crippen LogP contribution in [0.1, 0.15) is 12.5 Å². The van der Waals surface area contributed by atoms with Crippen molar-refractivity contribution in [3.63, 3.8) is 0 Å². The molecule has 1 saturated heterocycles. The number of guanidine groups is 1. The summed E-state index contributed by atoms with van der Waals surface area (Å²) in [6.07, 6.45) is -0.297. The molecule has 0 bridgehead atoms. The number of amides is 1. The summed E-state index contributed by atoms with van der Waals surface area (Å²) in [5.74, 6) is 0.394. The summed E-state index contributed by atoms with van der Waals surface area (Å²) < 4.78 is 4.91. The molecular formula is C15H21IN4O2. The first kappa shape index (κ1) is 18.3. The van der Waals surface area contributed by atoms with E-state index in [0.29, 0.717) is 32.2 Å². The Hall–Kier alpha value is -1.77. The summed E-state index contributed by atoms with van der Waals surface area (Å²) in [4.78, 5) is 17.3. The van der Waals surface area contributed by atoms with Gasteiger partial charge in [-0.2, -0.15) is 0 Å². The second kappa shape index (κ2) is 8.62. The number of nitrogens with zero attached hydrogens (tertiary/aromatic N) is 2. The Morgan fingerprint density at radius 2 is 2.14 bits per heavy atom. The van der Waals surface area contributed by atoms with Gasteiger partial charge in [-0.15, -0.1) is 24.0 Å². The van der Waals surface area contributed by atoms with Gasteiger partial charge in [0.05, 0.1) is 13.1 Å². The lowest BCUT2D eigenvalue weighted by Crippen LogP contribution is -2.32. The van der Waals surface area contributed by atoms with Crippen molar-refractivity contribution in [2.24, 2.45) is 10.7 Å². The molecule has 0 atom stereocenters. The van der Waals surface area contributed by atoms with Crippen LogP contribution in [0.25, 0.3) is 0 Å². The van der Waals surface area contributed by atoms with Crippen molar-refractivity contribution in [3.8, 4) is 0 Å². The molecule has 1 aliphatic rings. The number of hydrogen-bond acceptors (Lipinski definition) is 3. The van der Waals surface area contributed by atoms with Crippen LogP contribution in [0, 0.1) is 0 Å². The normalized spacial score (nSPS) is 14.3. The van der Waals surface area contributed by atoms with Gasteiger partial charge in [0.25, 0.3) is 0 Å². The fourth-order valence-electron chi connectivity index (χ4n) is 1.88. The summed E-state index contributed by atoms with van der Waals surface area (Å²) in [6, 6.07) is 7.62. The molecule has 1 heterocycles. The minimum absolute atomic E-state index is 0. The molecule has 2 rings (SSSR count). The van der Waals surface area contributed by atoms with E-state index >= 15 is 0 Å². The monoisotopic (exact) mass is 416 g/mol. The fourth-order valence-corrected chi connectivity index (χ4v) is 1.88. The van der Waals surface area contributed by atoms with Crippen LogP contribution in [-0.2, 0) is 11.3 Å². The third-order valence-electron chi connectivity index (χ3n) is 3.01. The van der Waals surface area contributed by atoms with Crippen LogP contribution in [0.5, 0.6) is 0 Å². The lowest BCUT2D eigenvalue weighted by Gasteiger charge is -2.12. The maximum atomic E-state index is 11.5. The van der Waals surface area contributed by atoms with Crippen LogP contribution in [0.2, 0.25) is 0 Å². The average molecular weight is 416 g/mol. The Labute approximate surface area is 147 Å². The van der Waals surface area contributed by atoms with Gasteiger partial charge >= 0.3 is 6.09 Å². The maximum absolute atomic E-state index is 11.5. The minimum atomic E-state index is -0.297. The number of halogens is 1. The lowest BCUT2D eigenvalue weighted by atomic mass is 10.2. The van der Waals surface area contributed by atoms with E-state index in [4.69, 9.17) is 10.5 Å². The third kappa shape index (κ3) is 5.21. The van der Waals surface area contributed by atoms with Gasteiger partial charge in [-0.25, -0.2) is 9.79 Å². The van der Waals surface area contributed by atoms with Crippen molar-refractivity contribution in [1.29, 1.82) is 0 Å². The number of cyclic esters (lactones) is 1. The summed E-state index contributed by atoms with van der Waals surface area (Å²) in [5.41, 5.74) is 8.59. The number of hydrogen-bond donors (Lipinski definition) is 2. The molecule has 1 amide bonds. The Balaban J connectivity index is 0.00000242. The summed E-state index contributed by atoms with van der Waals surface area (Å²) in [5, 5.41) is 2.97. The highest BCUT2D eigenvalue weighted by atomic mass is 127. The first-order valence-electron chi connectivity index (χ1n) is 6.77. The number of anilines is 1. The van der Waals surface area contributed by atoms with Crippen molar-refractivity contribution in [3.05, 3.63) is 42.0 Å². The zero-order chi connectivity index (χ0) is 15.2. The van der Waals surface area contributed by atoms with E-state index in [1.54, 1.807) is 4.90 Å². The molecule has 0 spiro atoms. The first-order chi connectivity index (χ1) is 10.1. The van der Waals surface area contributed by atoms with Crippen molar-refractivity contribution in [1.82, 2.24) is 5.32 Å². The van der Waals surface area contributed by atoms with Gasteiger partial charge in [-0.05, 0) is 24.6 Å². The van der Waals surface area contributed by atoms with Crippen LogP contribution in [-0.4, -0.2) is 31.7 Å². The molecule has 0 radical (unpaired) electrons. The molecule has 7 heteroatoms. The number of carbonyl (C=O) groups is 1. The Morgan fingerprint density at radius 3 is 2.68 bits per heavy atom. The Morgan fingerprint density at radius 1 is 1.45 bits per heavy atom. The number of aliphatic imine (C=N–C) groups is 1. The molecule has 1 fully saturated rings. The van der Waals surface area contributed by atoms with E-state index in [-0.39, 0.29) is 30.1 Å². The maximum Gasteiger partial charge on any atom is 0.414 e. The number of nitrogens with one attached hydrogen (secondary N) is 1. The van der Waals surface area contributed by atoms with E-state index in [1.807, 2.05) is 31.2 Å². The topological polar surface area (TPSA) is 79.9 Å². The van der Waals surface area contributed by atoms with Crippen LogP contribution in [0.4, 0.5) is 10.5 Å². The van der Waals surface area contributed by atoms with Gasteiger partial charge < -0.3 is 15.8 Å². The second-order valence-corrected chi connectivity index (χ2v) is 4.94. The molecule has 0 saturated carbocycles. The van der Waals surface area contributed by atoms with E-state index in [2.05, 4.69) is 16.9 Å². The summed E-state index contributed by atoms with van der Waals surface area (Å²) >= 11 is 0. The van der Waals surface area contributed by atoms with Crippen LogP contribution in [0.3, 0.4) is 0 Å². The van der Waals surface area contributed by atoms with E-state index in [0.717, 1.165) is 16.8 Å². The number of ether oxygens (including phenoxy) is 1. The molecule has 1 aromatic rings. The van der Waals surface area contributed by atoms with Gasteiger partial charge in [0.2, 0.25) is 0 Å². The highest BCUT2D eigenvalue weighted by Crippen LogP contribution is 2.19. The van der Waals surface area contributed by atoms with E-state index < -0.39 is 0 Å². The van der Waals surface area contributed by atoms with Gasteiger partial charge in [0.1, 0.15) is 6.61 Å². The molecule has 0 aliphatic carbocycles. The molecule has 1 aromatic carbocycles. The molecule has 3 N–H and O–H groups in total. The smallest absolute Gasteiger partial charge is 0.414 e. The molecule has 0 unspecified atom stereocenters. The number of benzene rings is 1. The standard InChI is InChI=1S/C15H20N4O2.HI/c1-11(2)9-17-14(16)18-10-12-3-5-13(6-4-12)19-7-8-21-15(19)20;/h3-6H,1,7-10H2,2H3,(H3,16,17,18);1H. The number of carbonyl (C=O) groups excluding carboxylic acids is 1. The van der Waals surface area contributed by atoms with E-state index in [1.165, 1.54) is 0 Å². The second-order valence-electron chi connectivity index (χ2n) is 4.94. The van der Waals surface area contributed by atoms with Crippen molar-refractivity contribution < 1.29 is 9.53 Å². The largest absolute Gasteiger partial charge is 0.447 e. The highest BCUT2D eigenvalue weighted by molar-refractivity contribution is 14.0. The lowest BCUT2D eigenvalue weighted by molar-refractivity contribution is 0.181. The van der Waals surface area contributed by atoms with Crippen LogP contribution >= 0.6 is 24.0 Å². The van der Waals surface area contributed by atoms with Crippen molar-refractivity contribution in [2.75, 3.05) is 24.6 Å².